The Morgan fingerprint density at radius 1 is 1.00 bits per heavy atom. The third-order valence-electron chi connectivity index (χ3n) is 6.16. The first-order chi connectivity index (χ1) is 16.6. The predicted molar refractivity (Wildman–Crippen MR) is 135 cm³/mol. The Kier molecular flexibility index (Phi) is 7.85. The van der Waals surface area contributed by atoms with Gasteiger partial charge in [-0.05, 0) is 54.1 Å². The molecule has 0 unspecified atom stereocenters. The molecule has 1 fully saturated rings. The molecular formula is C27H30N2O4S. The summed E-state index contributed by atoms with van der Waals surface area (Å²) < 4.78 is 10.9. The standard InChI is InChI=1S/C27H30N2O4S/c1-32-21-15-13-19(14-16-21)26(27(31)28-20-8-3-4-9-20)29(23-11-5-6-12-24(23)33-2)25(30)18-22-10-7-17-34-22/h5-7,10-17,20,26H,3-4,8-9,18H2,1-2H3,(H,28,31)/t26-/m0/s1. The van der Waals surface area contributed by atoms with Gasteiger partial charge in [-0.25, -0.2) is 0 Å². The van der Waals surface area contributed by atoms with Gasteiger partial charge in [-0.2, -0.15) is 0 Å². The number of carbonyl (C=O) groups excluding carboxylic acids is 2. The second-order valence-corrected chi connectivity index (χ2v) is 9.39. The van der Waals surface area contributed by atoms with Crippen LogP contribution in [0, 0.1) is 0 Å². The van der Waals surface area contributed by atoms with Gasteiger partial charge in [0.2, 0.25) is 11.8 Å². The zero-order valence-electron chi connectivity index (χ0n) is 19.5. The van der Waals surface area contributed by atoms with Gasteiger partial charge in [-0.15, -0.1) is 11.3 Å². The minimum absolute atomic E-state index is 0.125. The largest absolute Gasteiger partial charge is 0.497 e. The fraction of sp³-hybridized carbons (Fsp3) is 0.333. The van der Waals surface area contributed by atoms with Crippen LogP contribution in [0.25, 0.3) is 0 Å². The van der Waals surface area contributed by atoms with E-state index in [1.165, 1.54) is 11.3 Å². The summed E-state index contributed by atoms with van der Waals surface area (Å²) in [6.45, 7) is 0. The van der Waals surface area contributed by atoms with Crippen LogP contribution < -0.4 is 19.7 Å². The number of thiophene rings is 1. The molecule has 7 heteroatoms. The minimum Gasteiger partial charge on any atom is -0.497 e. The molecule has 1 heterocycles. The van der Waals surface area contributed by atoms with Crippen molar-refractivity contribution < 1.29 is 19.1 Å². The molecule has 3 aromatic rings. The number of hydrogen-bond acceptors (Lipinski definition) is 5. The molecule has 34 heavy (non-hydrogen) atoms. The van der Waals surface area contributed by atoms with Crippen LogP contribution in [0.3, 0.4) is 0 Å². The third kappa shape index (κ3) is 5.42. The first-order valence-corrected chi connectivity index (χ1v) is 12.4. The Morgan fingerprint density at radius 2 is 1.74 bits per heavy atom. The van der Waals surface area contributed by atoms with Gasteiger partial charge in [0.25, 0.3) is 0 Å². The average Bonchev–Trinajstić information content (AvgIpc) is 3.57. The monoisotopic (exact) mass is 478 g/mol. The summed E-state index contributed by atoms with van der Waals surface area (Å²) in [6.07, 6.45) is 4.31. The molecule has 0 bridgehead atoms. The highest BCUT2D eigenvalue weighted by Gasteiger charge is 2.35. The Bertz CT molecular complexity index is 1090. The van der Waals surface area contributed by atoms with Crippen LogP contribution in [0.4, 0.5) is 5.69 Å². The number of para-hydroxylation sites is 2. The summed E-state index contributed by atoms with van der Waals surface area (Å²) in [6, 6.07) is 17.8. The summed E-state index contributed by atoms with van der Waals surface area (Å²) >= 11 is 1.52. The van der Waals surface area contributed by atoms with Crippen LogP contribution in [0.2, 0.25) is 0 Å². The number of benzene rings is 2. The third-order valence-corrected chi connectivity index (χ3v) is 7.03. The van der Waals surface area contributed by atoms with E-state index in [-0.39, 0.29) is 24.3 Å². The Labute approximate surface area is 204 Å². The van der Waals surface area contributed by atoms with Crippen LogP contribution in [0.5, 0.6) is 11.5 Å². The van der Waals surface area contributed by atoms with Crippen molar-refractivity contribution in [3.63, 3.8) is 0 Å². The van der Waals surface area contributed by atoms with Gasteiger partial charge in [0.15, 0.2) is 0 Å². The van der Waals surface area contributed by atoms with E-state index >= 15 is 0 Å². The van der Waals surface area contributed by atoms with Crippen LogP contribution >= 0.6 is 11.3 Å². The molecule has 1 saturated carbocycles. The lowest BCUT2D eigenvalue weighted by atomic mass is 10.0. The average molecular weight is 479 g/mol. The molecule has 0 aliphatic heterocycles. The van der Waals surface area contributed by atoms with E-state index in [9.17, 15) is 9.59 Å². The van der Waals surface area contributed by atoms with E-state index in [4.69, 9.17) is 9.47 Å². The van der Waals surface area contributed by atoms with E-state index in [0.29, 0.717) is 22.7 Å². The summed E-state index contributed by atoms with van der Waals surface area (Å²) in [5, 5.41) is 5.15. The topological polar surface area (TPSA) is 67.9 Å². The number of carbonyl (C=O) groups is 2. The molecule has 6 nitrogen and oxygen atoms in total. The molecule has 4 rings (SSSR count). The normalized spacial score (nSPS) is 14.4. The van der Waals surface area contributed by atoms with E-state index in [1.54, 1.807) is 25.2 Å². The highest BCUT2D eigenvalue weighted by molar-refractivity contribution is 7.10. The van der Waals surface area contributed by atoms with E-state index in [2.05, 4.69) is 5.32 Å². The fourth-order valence-corrected chi connectivity index (χ4v) is 5.14. The molecule has 1 N–H and O–H groups in total. The van der Waals surface area contributed by atoms with E-state index in [0.717, 1.165) is 30.6 Å². The molecule has 1 aromatic heterocycles. The van der Waals surface area contributed by atoms with Crippen molar-refractivity contribution in [2.24, 2.45) is 0 Å². The quantitative estimate of drug-likeness (QED) is 0.462. The molecular weight excluding hydrogens is 448 g/mol. The summed E-state index contributed by atoms with van der Waals surface area (Å²) in [5.41, 5.74) is 1.27. The second-order valence-electron chi connectivity index (χ2n) is 8.36. The van der Waals surface area contributed by atoms with Gasteiger partial charge in [0, 0.05) is 10.9 Å². The Morgan fingerprint density at radius 3 is 2.38 bits per heavy atom. The smallest absolute Gasteiger partial charge is 0.248 e. The molecule has 0 saturated heterocycles. The zero-order valence-corrected chi connectivity index (χ0v) is 20.3. The Balaban J connectivity index is 1.79. The lowest BCUT2D eigenvalue weighted by Gasteiger charge is -2.33. The number of nitrogens with zero attached hydrogens (tertiary/aromatic N) is 1. The maximum absolute atomic E-state index is 13.8. The van der Waals surface area contributed by atoms with Gasteiger partial charge >= 0.3 is 0 Å². The summed E-state index contributed by atoms with van der Waals surface area (Å²) in [4.78, 5) is 30.2. The zero-order chi connectivity index (χ0) is 23.9. The Hall–Kier alpha value is -3.32. The number of ether oxygens (including phenoxy) is 2. The van der Waals surface area contributed by atoms with Crippen molar-refractivity contribution in [1.82, 2.24) is 5.32 Å². The maximum atomic E-state index is 13.8. The highest BCUT2D eigenvalue weighted by atomic mass is 32.1. The van der Waals surface area contributed by atoms with Gasteiger partial charge in [-0.3, -0.25) is 14.5 Å². The number of rotatable bonds is 9. The van der Waals surface area contributed by atoms with Crippen LogP contribution in [-0.2, 0) is 16.0 Å². The number of nitrogens with one attached hydrogen (secondary N) is 1. The number of methoxy groups -OCH3 is 2. The van der Waals surface area contributed by atoms with Crippen molar-refractivity contribution in [1.29, 1.82) is 0 Å². The van der Waals surface area contributed by atoms with Crippen molar-refractivity contribution in [2.75, 3.05) is 19.1 Å². The lowest BCUT2D eigenvalue weighted by molar-refractivity contribution is -0.127. The van der Waals surface area contributed by atoms with Crippen molar-refractivity contribution in [3.05, 3.63) is 76.5 Å². The van der Waals surface area contributed by atoms with Gasteiger partial charge in [-0.1, -0.05) is 43.2 Å². The van der Waals surface area contributed by atoms with Gasteiger partial charge in [0.1, 0.15) is 17.5 Å². The molecule has 1 aliphatic rings. The first-order valence-electron chi connectivity index (χ1n) is 11.5. The molecule has 1 aliphatic carbocycles. The molecule has 2 aromatic carbocycles. The lowest BCUT2D eigenvalue weighted by Crippen LogP contribution is -2.47. The summed E-state index contributed by atoms with van der Waals surface area (Å²) in [7, 11) is 3.17. The maximum Gasteiger partial charge on any atom is 0.248 e. The highest BCUT2D eigenvalue weighted by Crippen LogP contribution is 2.36. The molecule has 0 spiro atoms. The van der Waals surface area contributed by atoms with Crippen LogP contribution in [-0.4, -0.2) is 32.1 Å². The molecule has 1 atom stereocenters. The molecule has 0 radical (unpaired) electrons. The number of amides is 2. The van der Waals surface area contributed by atoms with Gasteiger partial charge < -0.3 is 14.8 Å². The number of hydrogen-bond donors (Lipinski definition) is 1. The molecule has 178 valence electrons. The second kappa shape index (κ2) is 11.2. The van der Waals surface area contributed by atoms with Crippen molar-refractivity contribution >= 4 is 28.8 Å². The minimum atomic E-state index is -0.852. The molecule has 2 amide bonds. The van der Waals surface area contributed by atoms with Gasteiger partial charge in [0.05, 0.1) is 26.3 Å². The SMILES string of the molecule is COc1ccc([C@@H](C(=O)NC2CCCC2)N(C(=O)Cc2cccs2)c2ccccc2OC)cc1. The van der Waals surface area contributed by atoms with Crippen molar-refractivity contribution in [2.45, 2.75) is 44.2 Å². The predicted octanol–water partition coefficient (Wildman–Crippen LogP) is 5.14. The van der Waals surface area contributed by atoms with E-state index < -0.39 is 6.04 Å². The number of anilines is 1. The van der Waals surface area contributed by atoms with Crippen LogP contribution in [0.15, 0.2) is 66.0 Å². The van der Waals surface area contributed by atoms with E-state index in [1.807, 2.05) is 60.0 Å². The van der Waals surface area contributed by atoms with Crippen LogP contribution in [0.1, 0.15) is 42.2 Å². The summed E-state index contributed by atoms with van der Waals surface area (Å²) in [5.74, 6) is 0.860. The fourth-order valence-electron chi connectivity index (χ4n) is 4.45. The van der Waals surface area contributed by atoms with Crippen molar-refractivity contribution in [3.8, 4) is 11.5 Å². The first kappa shape index (κ1) is 23.8.